The summed E-state index contributed by atoms with van der Waals surface area (Å²) in [5.41, 5.74) is 1.00. The molecule has 0 atom stereocenters. The molecule has 72 valence electrons. The van der Waals surface area contributed by atoms with Crippen LogP contribution in [0.25, 0.3) is 21.6 Å². The fraction of sp³-hybridized carbons (Fsp3) is 0. The largest absolute Gasteiger partial charge is 0.265 e. The van der Waals surface area contributed by atoms with Gasteiger partial charge in [0.2, 0.25) is 0 Å². The minimum atomic E-state index is 0.757. The number of pyridine rings is 1. The van der Waals surface area contributed by atoms with Crippen LogP contribution in [-0.4, -0.2) is 15.0 Å². The maximum Gasteiger partial charge on any atom is 0.160 e. The molecule has 3 rings (SSSR count). The molecule has 0 fully saturated rings. The van der Waals surface area contributed by atoms with E-state index in [1.54, 1.807) is 23.7 Å². The van der Waals surface area contributed by atoms with E-state index < -0.39 is 0 Å². The van der Waals surface area contributed by atoms with E-state index in [4.69, 9.17) is 0 Å². The van der Waals surface area contributed by atoms with Crippen molar-refractivity contribution in [3.05, 3.63) is 42.2 Å². The van der Waals surface area contributed by atoms with Crippen LogP contribution in [0.15, 0.2) is 42.2 Å². The van der Waals surface area contributed by atoms with E-state index >= 15 is 0 Å². The highest BCUT2D eigenvalue weighted by atomic mass is 32.1. The lowest BCUT2D eigenvalue weighted by molar-refractivity contribution is 1.22. The highest BCUT2D eigenvalue weighted by Gasteiger charge is 2.02. The third-order valence-corrected chi connectivity index (χ3v) is 2.97. The third kappa shape index (κ3) is 1.49. The molecule has 0 aromatic carbocycles. The van der Waals surface area contributed by atoms with Crippen LogP contribution in [0.4, 0.5) is 0 Å². The molecule has 3 aromatic heterocycles. The van der Waals surface area contributed by atoms with Crippen molar-refractivity contribution in [2.45, 2.75) is 0 Å². The predicted molar refractivity (Wildman–Crippen MR) is 60.6 cm³/mol. The molecule has 3 aromatic rings. The Labute approximate surface area is 90.5 Å². The van der Waals surface area contributed by atoms with Gasteiger partial charge in [-0.2, -0.15) is 0 Å². The number of aromatic nitrogens is 3. The van der Waals surface area contributed by atoms with Crippen molar-refractivity contribution in [1.29, 1.82) is 0 Å². The van der Waals surface area contributed by atoms with Gasteiger partial charge in [0.1, 0.15) is 4.83 Å². The van der Waals surface area contributed by atoms with E-state index in [1.807, 2.05) is 29.8 Å². The van der Waals surface area contributed by atoms with Crippen molar-refractivity contribution < 1.29 is 0 Å². The van der Waals surface area contributed by atoms with Crippen molar-refractivity contribution in [3.63, 3.8) is 0 Å². The standard InChI is InChI=1S/C11H7N3S/c1-4-12-5-2-8(1)10-13-7-9-3-6-15-11(9)14-10/h1-7H. The lowest BCUT2D eigenvalue weighted by atomic mass is 10.2. The molecule has 0 saturated carbocycles. The fourth-order valence-corrected chi connectivity index (χ4v) is 2.14. The molecule has 0 aliphatic carbocycles. The Morgan fingerprint density at radius 3 is 2.80 bits per heavy atom. The first kappa shape index (κ1) is 8.49. The van der Waals surface area contributed by atoms with Crippen LogP contribution in [-0.2, 0) is 0 Å². The summed E-state index contributed by atoms with van der Waals surface area (Å²) < 4.78 is 0. The summed E-state index contributed by atoms with van der Waals surface area (Å²) in [6, 6.07) is 5.85. The lowest BCUT2D eigenvalue weighted by Gasteiger charge is -1.98. The molecule has 0 N–H and O–H groups in total. The summed E-state index contributed by atoms with van der Waals surface area (Å²) in [6.07, 6.45) is 5.35. The van der Waals surface area contributed by atoms with E-state index in [9.17, 15) is 0 Å². The van der Waals surface area contributed by atoms with Gasteiger partial charge in [-0.1, -0.05) is 0 Å². The number of thiophene rings is 1. The summed E-state index contributed by atoms with van der Waals surface area (Å²) in [6.45, 7) is 0. The van der Waals surface area contributed by atoms with Crippen LogP contribution in [0.5, 0.6) is 0 Å². The zero-order chi connectivity index (χ0) is 10.1. The number of hydrogen-bond acceptors (Lipinski definition) is 4. The number of hydrogen-bond donors (Lipinski definition) is 0. The summed E-state index contributed by atoms with van der Waals surface area (Å²) in [5.74, 6) is 0.757. The van der Waals surface area contributed by atoms with E-state index in [0.29, 0.717) is 0 Å². The van der Waals surface area contributed by atoms with Gasteiger partial charge in [0, 0.05) is 29.5 Å². The quantitative estimate of drug-likeness (QED) is 0.624. The zero-order valence-electron chi connectivity index (χ0n) is 7.79. The molecular formula is C11H7N3S. The van der Waals surface area contributed by atoms with Gasteiger partial charge in [0.25, 0.3) is 0 Å². The molecule has 0 saturated heterocycles. The van der Waals surface area contributed by atoms with Crippen LogP contribution in [0.1, 0.15) is 0 Å². The van der Waals surface area contributed by atoms with Crippen molar-refractivity contribution >= 4 is 21.6 Å². The number of fused-ring (bicyclic) bond motifs is 1. The van der Waals surface area contributed by atoms with E-state index in [0.717, 1.165) is 21.6 Å². The van der Waals surface area contributed by atoms with Gasteiger partial charge in [0.15, 0.2) is 5.82 Å². The normalized spacial score (nSPS) is 10.7. The molecule has 0 unspecified atom stereocenters. The first-order valence-corrected chi connectivity index (χ1v) is 5.42. The van der Waals surface area contributed by atoms with Crippen LogP contribution in [0.2, 0.25) is 0 Å². The molecule has 15 heavy (non-hydrogen) atoms. The molecule has 0 amide bonds. The Morgan fingerprint density at radius 2 is 1.93 bits per heavy atom. The molecular weight excluding hydrogens is 206 g/mol. The molecule has 0 radical (unpaired) electrons. The topological polar surface area (TPSA) is 38.7 Å². The van der Waals surface area contributed by atoms with Crippen molar-refractivity contribution in [1.82, 2.24) is 15.0 Å². The van der Waals surface area contributed by atoms with Crippen molar-refractivity contribution in [2.75, 3.05) is 0 Å². The lowest BCUT2D eigenvalue weighted by Crippen LogP contribution is -1.87. The summed E-state index contributed by atoms with van der Waals surface area (Å²) in [4.78, 5) is 13.8. The predicted octanol–water partition coefficient (Wildman–Crippen LogP) is 2.75. The van der Waals surface area contributed by atoms with Gasteiger partial charge < -0.3 is 0 Å². The Morgan fingerprint density at radius 1 is 1.07 bits per heavy atom. The van der Waals surface area contributed by atoms with E-state index in [1.165, 1.54) is 0 Å². The highest BCUT2D eigenvalue weighted by molar-refractivity contribution is 7.16. The van der Waals surface area contributed by atoms with Crippen LogP contribution in [0.3, 0.4) is 0 Å². The molecule has 3 heterocycles. The van der Waals surface area contributed by atoms with E-state index in [-0.39, 0.29) is 0 Å². The Balaban J connectivity index is 2.19. The second-order valence-electron chi connectivity index (χ2n) is 3.11. The average molecular weight is 213 g/mol. The monoisotopic (exact) mass is 213 g/mol. The second-order valence-corrected chi connectivity index (χ2v) is 4.01. The molecule has 0 aliphatic rings. The van der Waals surface area contributed by atoms with Crippen molar-refractivity contribution in [3.8, 4) is 11.4 Å². The average Bonchev–Trinajstić information content (AvgIpc) is 2.77. The maximum atomic E-state index is 4.49. The molecule has 0 spiro atoms. The Bertz CT molecular complexity index is 589. The minimum Gasteiger partial charge on any atom is -0.265 e. The molecule has 0 bridgehead atoms. The van der Waals surface area contributed by atoms with Gasteiger partial charge in [-0.05, 0) is 23.6 Å². The van der Waals surface area contributed by atoms with E-state index in [2.05, 4.69) is 15.0 Å². The van der Waals surface area contributed by atoms with Crippen LogP contribution >= 0.6 is 11.3 Å². The fourth-order valence-electron chi connectivity index (χ4n) is 1.40. The van der Waals surface area contributed by atoms with Gasteiger partial charge >= 0.3 is 0 Å². The van der Waals surface area contributed by atoms with Gasteiger partial charge in [-0.25, -0.2) is 9.97 Å². The highest BCUT2D eigenvalue weighted by Crippen LogP contribution is 2.21. The summed E-state index contributed by atoms with van der Waals surface area (Å²) in [5, 5.41) is 3.12. The minimum absolute atomic E-state index is 0.757. The maximum absolute atomic E-state index is 4.49. The van der Waals surface area contributed by atoms with Gasteiger partial charge in [0.05, 0.1) is 0 Å². The van der Waals surface area contributed by atoms with Gasteiger partial charge in [-0.3, -0.25) is 4.98 Å². The third-order valence-electron chi connectivity index (χ3n) is 2.15. The first-order valence-electron chi connectivity index (χ1n) is 4.54. The second kappa shape index (κ2) is 3.40. The summed E-state index contributed by atoms with van der Waals surface area (Å²) >= 11 is 1.63. The van der Waals surface area contributed by atoms with Crippen molar-refractivity contribution in [2.24, 2.45) is 0 Å². The Kier molecular flexibility index (Phi) is 1.93. The SMILES string of the molecule is c1cc(-c2ncc3ccsc3n2)ccn1. The zero-order valence-corrected chi connectivity index (χ0v) is 8.61. The molecule has 3 nitrogen and oxygen atoms in total. The van der Waals surface area contributed by atoms with Crippen LogP contribution < -0.4 is 0 Å². The Hall–Kier alpha value is -1.81. The first-order chi connectivity index (χ1) is 7.43. The molecule has 0 aliphatic heterocycles. The number of nitrogens with zero attached hydrogens (tertiary/aromatic N) is 3. The molecule has 4 heteroatoms. The van der Waals surface area contributed by atoms with Crippen LogP contribution in [0, 0.1) is 0 Å². The smallest absolute Gasteiger partial charge is 0.160 e. The summed E-state index contributed by atoms with van der Waals surface area (Å²) in [7, 11) is 0. The number of rotatable bonds is 1. The van der Waals surface area contributed by atoms with Gasteiger partial charge in [-0.15, -0.1) is 11.3 Å².